The Hall–Kier alpha value is -1.85. The van der Waals surface area contributed by atoms with E-state index in [4.69, 9.17) is 4.74 Å². The molecule has 1 saturated carbocycles. The Kier molecular flexibility index (Phi) is 3.94. The summed E-state index contributed by atoms with van der Waals surface area (Å²) in [7, 11) is 0. The van der Waals surface area contributed by atoms with Gasteiger partial charge >= 0.3 is 0 Å². The van der Waals surface area contributed by atoms with E-state index in [0.29, 0.717) is 24.3 Å². The topological polar surface area (TPSA) is 58.6 Å². The van der Waals surface area contributed by atoms with Gasteiger partial charge in [-0.2, -0.15) is 4.98 Å². The largest absolute Gasteiger partial charge is 0.477 e. The summed E-state index contributed by atoms with van der Waals surface area (Å²) in [6, 6.07) is 0. The Balaban J connectivity index is 1.58. The summed E-state index contributed by atoms with van der Waals surface area (Å²) in [6.07, 6.45) is 4.44. The van der Waals surface area contributed by atoms with E-state index >= 15 is 0 Å². The molecule has 2 heterocycles. The van der Waals surface area contributed by atoms with Crippen LogP contribution in [0.25, 0.3) is 0 Å². The molecule has 21 heavy (non-hydrogen) atoms. The first-order chi connectivity index (χ1) is 10.2. The van der Waals surface area contributed by atoms with Gasteiger partial charge in [0.2, 0.25) is 11.8 Å². The Morgan fingerprint density at radius 3 is 2.67 bits per heavy atom. The van der Waals surface area contributed by atoms with Crippen molar-refractivity contribution in [3.05, 3.63) is 12.4 Å². The molecule has 1 aromatic rings. The second kappa shape index (κ2) is 5.87. The van der Waals surface area contributed by atoms with Gasteiger partial charge in [0.05, 0.1) is 19.0 Å². The number of ether oxygens (including phenoxy) is 1. The maximum Gasteiger partial charge on any atom is 0.234 e. The number of amides is 1. The van der Waals surface area contributed by atoms with Gasteiger partial charge in [0, 0.05) is 32.1 Å². The third-order valence-corrected chi connectivity index (χ3v) is 4.23. The van der Waals surface area contributed by atoms with Crippen LogP contribution in [0.5, 0.6) is 5.88 Å². The summed E-state index contributed by atoms with van der Waals surface area (Å²) >= 11 is 0. The average Bonchev–Trinajstić information content (AvgIpc) is 3.24. The number of piperazine rings is 1. The molecule has 1 aliphatic carbocycles. The lowest BCUT2D eigenvalue weighted by atomic mass is 10.2. The highest BCUT2D eigenvalue weighted by atomic mass is 16.5. The second-order valence-corrected chi connectivity index (χ2v) is 5.78. The summed E-state index contributed by atoms with van der Waals surface area (Å²) in [4.78, 5) is 25.0. The maximum absolute atomic E-state index is 12.2. The SMILES string of the molecule is CCOc1cncc(N2CCN(C(=O)[C@@H]3C[C@@H]3C)CC2)n1. The Bertz CT molecular complexity index is 514. The van der Waals surface area contributed by atoms with Gasteiger partial charge in [-0.3, -0.25) is 9.78 Å². The minimum atomic E-state index is 0.276. The summed E-state index contributed by atoms with van der Waals surface area (Å²) in [5.74, 6) is 2.56. The zero-order valence-corrected chi connectivity index (χ0v) is 12.7. The molecule has 0 bridgehead atoms. The second-order valence-electron chi connectivity index (χ2n) is 5.78. The summed E-state index contributed by atoms with van der Waals surface area (Å²) < 4.78 is 5.38. The van der Waals surface area contributed by atoms with E-state index in [1.165, 1.54) is 0 Å². The number of nitrogens with zero attached hydrogens (tertiary/aromatic N) is 4. The number of aromatic nitrogens is 2. The van der Waals surface area contributed by atoms with Crippen molar-refractivity contribution in [1.29, 1.82) is 0 Å². The van der Waals surface area contributed by atoms with Crippen LogP contribution < -0.4 is 9.64 Å². The van der Waals surface area contributed by atoms with Crippen LogP contribution in [0.3, 0.4) is 0 Å². The molecule has 0 radical (unpaired) electrons. The highest BCUT2D eigenvalue weighted by molar-refractivity contribution is 5.81. The molecule has 1 amide bonds. The van der Waals surface area contributed by atoms with Gasteiger partial charge in [0.25, 0.3) is 0 Å². The molecule has 1 saturated heterocycles. The number of carbonyl (C=O) groups excluding carboxylic acids is 1. The van der Waals surface area contributed by atoms with E-state index in [1.807, 2.05) is 11.8 Å². The van der Waals surface area contributed by atoms with Crippen LogP contribution >= 0.6 is 0 Å². The number of hydrogen-bond acceptors (Lipinski definition) is 5. The molecule has 6 nitrogen and oxygen atoms in total. The molecular weight excluding hydrogens is 268 g/mol. The maximum atomic E-state index is 12.2. The van der Waals surface area contributed by atoms with Gasteiger partial charge in [0.1, 0.15) is 0 Å². The molecule has 0 N–H and O–H groups in total. The zero-order valence-electron chi connectivity index (χ0n) is 12.7. The minimum absolute atomic E-state index is 0.276. The van der Waals surface area contributed by atoms with Crippen LogP contribution in [0.1, 0.15) is 20.3 Å². The van der Waals surface area contributed by atoms with Crippen LogP contribution in [0.2, 0.25) is 0 Å². The van der Waals surface area contributed by atoms with E-state index in [9.17, 15) is 4.79 Å². The highest BCUT2D eigenvalue weighted by Gasteiger charge is 2.42. The van der Waals surface area contributed by atoms with Gasteiger partial charge in [-0.25, -0.2) is 0 Å². The van der Waals surface area contributed by atoms with Crippen molar-refractivity contribution in [2.45, 2.75) is 20.3 Å². The number of carbonyl (C=O) groups is 1. The van der Waals surface area contributed by atoms with E-state index in [0.717, 1.165) is 38.4 Å². The first-order valence-electron chi connectivity index (χ1n) is 7.67. The molecule has 1 aromatic heterocycles. The van der Waals surface area contributed by atoms with Crippen LogP contribution in [0.15, 0.2) is 12.4 Å². The number of hydrogen-bond donors (Lipinski definition) is 0. The van der Waals surface area contributed by atoms with Crippen molar-refractivity contribution in [2.24, 2.45) is 11.8 Å². The lowest BCUT2D eigenvalue weighted by molar-refractivity contribution is -0.133. The van der Waals surface area contributed by atoms with E-state index in [2.05, 4.69) is 21.8 Å². The first-order valence-corrected chi connectivity index (χ1v) is 7.67. The van der Waals surface area contributed by atoms with Crippen LogP contribution in [-0.4, -0.2) is 53.6 Å². The van der Waals surface area contributed by atoms with E-state index in [-0.39, 0.29) is 5.92 Å². The van der Waals surface area contributed by atoms with Crippen molar-refractivity contribution < 1.29 is 9.53 Å². The van der Waals surface area contributed by atoms with Crippen molar-refractivity contribution in [3.8, 4) is 5.88 Å². The Morgan fingerprint density at radius 2 is 2.05 bits per heavy atom. The normalized spacial score (nSPS) is 24.9. The lowest BCUT2D eigenvalue weighted by Crippen LogP contribution is -2.49. The Morgan fingerprint density at radius 1 is 1.33 bits per heavy atom. The fourth-order valence-corrected chi connectivity index (χ4v) is 2.76. The fraction of sp³-hybridized carbons (Fsp3) is 0.667. The molecule has 3 rings (SSSR count). The van der Waals surface area contributed by atoms with Gasteiger partial charge in [-0.05, 0) is 19.3 Å². The van der Waals surface area contributed by atoms with E-state index < -0.39 is 0 Å². The predicted molar refractivity (Wildman–Crippen MR) is 79.3 cm³/mol. The Labute approximate surface area is 125 Å². The fourth-order valence-electron chi connectivity index (χ4n) is 2.76. The van der Waals surface area contributed by atoms with Crippen LogP contribution in [0, 0.1) is 11.8 Å². The lowest BCUT2D eigenvalue weighted by Gasteiger charge is -2.35. The molecule has 2 fully saturated rings. The molecule has 2 aliphatic rings. The first kappa shape index (κ1) is 14.1. The minimum Gasteiger partial charge on any atom is -0.477 e. The van der Waals surface area contributed by atoms with E-state index in [1.54, 1.807) is 12.4 Å². The van der Waals surface area contributed by atoms with Crippen molar-refractivity contribution >= 4 is 11.7 Å². The monoisotopic (exact) mass is 290 g/mol. The van der Waals surface area contributed by atoms with Gasteiger partial charge in [0.15, 0.2) is 5.82 Å². The summed E-state index contributed by atoms with van der Waals surface area (Å²) in [5, 5.41) is 0. The highest BCUT2D eigenvalue weighted by Crippen LogP contribution is 2.39. The predicted octanol–water partition coefficient (Wildman–Crippen LogP) is 1.18. The average molecular weight is 290 g/mol. The number of rotatable bonds is 4. The molecule has 6 heteroatoms. The van der Waals surface area contributed by atoms with Crippen LogP contribution in [0.4, 0.5) is 5.82 Å². The number of anilines is 1. The standard InChI is InChI=1S/C15H22N4O2/c1-3-21-14-10-16-9-13(17-14)18-4-6-19(7-5-18)15(20)12-8-11(12)2/h9-12H,3-8H2,1-2H3/t11-,12+/m0/s1. The van der Waals surface area contributed by atoms with Crippen molar-refractivity contribution in [1.82, 2.24) is 14.9 Å². The molecule has 0 unspecified atom stereocenters. The van der Waals surface area contributed by atoms with Crippen molar-refractivity contribution in [2.75, 3.05) is 37.7 Å². The van der Waals surface area contributed by atoms with Crippen molar-refractivity contribution in [3.63, 3.8) is 0 Å². The van der Waals surface area contributed by atoms with Gasteiger partial charge in [-0.15, -0.1) is 0 Å². The quantitative estimate of drug-likeness (QED) is 0.833. The molecular formula is C15H22N4O2. The van der Waals surface area contributed by atoms with Gasteiger partial charge in [-0.1, -0.05) is 6.92 Å². The van der Waals surface area contributed by atoms with Gasteiger partial charge < -0.3 is 14.5 Å². The smallest absolute Gasteiger partial charge is 0.234 e. The third kappa shape index (κ3) is 3.09. The summed E-state index contributed by atoms with van der Waals surface area (Å²) in [6.45, 7) is 7.80. The zero-order chi connectivity index (χ0) is 14.8. The molecule has 2 atom stereocenters. The molecule has 0 spiro atoms. The molecule has 114 valence electrons. The molecule has 1 aliphatic heterocycles. The third-order valence-electron chi connectivity index (χ3n) is 4.23. The molecule has 0 aromatic carbocycles. The summed E-state index contributed by atoms with van der Waals surface area (Å²) in [5.41, 5.74) is 0. The van der Waals surface area contributed by atoms with Crippen LogP contribution in [-0.2, 0) is 4.79 Å².